The van der Waals surface area contributed by atoms with Crippen LogP contribution in [-0.4, -0.2) is 36.1 Å². The fraction of sp³-hybridized carbons (Fsp3) is 0.400. The van der Waals surface area contributed by atoms with E-state index in [2.05, 4.69) is 57.1 Å². The first kappa shape index (κ1) is 14.3. The second-order valence-corrected chi connectivity index (χ2v) is 5.39. The predicted octanol–water partition coefficient (Wildman–Crippen LogP) is 3.75. The highest BCUT2D eigenvalue weighted by molar-refractivity contribution is 9.10. The van der Waals surface area contributed by atoms with Crippen LogP contribution >= 0.6 is 15.9 Å². The number of likely N-dealkylation sites (N-methyl/N-ethyl adjacent to an activating group) is 1. The van der Waals surface area contributed by atoms with Crippen LogP contribution in [0.3, 0.4) is 0 Å². The second-order valence-electron chi connectivity index (χ2n) is 4.47. The summed E-state index contributed by atoms with van der Waals surface area (Å²) >= 11 is 3.48. The quantitative estimate of drug-likeness (QED) is 0.878. The molecule has 0 aliphatic heterocycles. The number of benzene rings is 1. The third-order valence-corrected chi connectivity index (χ3v) is 3.84. The van der Waals surface area contributed by atoms with Crippen molar-refractivity contribution in [3.63, 3.8) is 0 Å². The predicted molar refractivity (Wildman–Crippen MR) is 85.7 cm³/mol. The van der Waals surface area contributed by atoms with Crippen LogP contribution in [0, 0.1) is 0 Å². The Morgan fingerprint density at radius 2 is 2.00 bits per heavy atom. The molecular weight excluding hydrogens is 302 g/mol. The minimum absolute atomic E-state index is 0.955. The number of nitrogens with one attached hydrogen (secondary N) is 1. The minimum atomic E-state index is 0.955. The number of nitrogens with zero attached hydrogens (tertiary/aromatic N) is 2. The van der Waals surface area contributed by atoms with Gasteiger partial charge in [0.1, 0.15) is 0 Å². The summed E-state index contributed by atoms with van der Waals surface area (Å²) < 4.78 is 1.06. The van der Waals surface area contributed by atoms with E-state index in [9.17, 15) is 0 Å². The van der Waals surface area contributed by atoms with Gasteiger partial charge in [-0.15, -0.1) is 0 Å². The molecule has 1 aromatic heterocycles. The fourth-order valence-electron chi connectivity index (χ4n) is 2.16. The summed E-state index contributed by atoms with van der Waals surface area (Å²) in [5, 5.41) is 4.68. The van der Waals surface area contributed by atoms with Crippen LogP contribution in [0.5, 0.6) is 0 Å². The highest BCUT2D eigenvalue weighted by atomic mass is 79.9. The van der Waals surface area contributed by atoms with E-state index in [1.54, 1.807) is 0 Å². The molecule has 0 radical (unpaired) electrons. The number of fused-ring (bicyclic) bond motifs is 1. The zero-order valence-electron chi connectivity index (χ0n) is 11.5. The third kappa shape index (κ3) is 3.67. The summed E-state index contributed by atoms with van der Waals surface area (Å²) in [5.41, 5.74) is 2.17. The molecule has 0 atom stereocenters. The maximum Gasteiger partial charge on any atom is 0.0733 e. The number of rotatable bonds is 6. The zero-order chi connectivity index (χ0) is 13.7. The number of anilines is 1. The van der Waals surface area contributed by atoms with E-state index >= 15 is 0 Å². The molecule has 19 heavy (non-hydrogen) atoms. The average molecular weight is 322 g/mol. The van der Waals surface area contributed by atoms with E-state index in [1.165, 1.54) is 5.39 Å². The van der Waals surface area contributed by atoms with Crippen molar-refractivity contribution in [2.24, 2.45) is 0 Å². The Labute approximate surface area is 123 Å². The molecule has 2 rings (SSSR count). The van der Waals surface area contributed by atoms with Crippen molar-refractivity contribution < 1.29 is 0 Å². The normalized spacial score (nSPS) is 11.2. The van der Waals surface area contributed by atoms with Crippen LogP contribution in [0.4, 0.5) is 5.69 Å². The molecule has 0 spiro atoms. The molecule has 0 unspecified atom stereocenters. The molecule has 0 aliphatic carbocycles. The van der Waals surface area contributed by atoms with Crippen LogP contribution in [0.25, 0.3) is 10.9 Å². The molecule has 0 amide bonds. The van der Waals surface area contributed by atoms with Gasteiger partial charge in [0, 0.05) is 34.8 Å². The molecule has 0 saturated carbocycles. The summed E-state index contributed by atoms with van der Waals surface area (Å²) in [5.74, 6) is 0. The Hall–Kier alpha value is -1.13. The van der Waals surface area contributed by atoms with E-state index in [4.69, 9.17) is 0 Å². The second kappa shape index (κ2) is 6.87. The van der Waals surface area contributed by atoms with Gasteiger partial charge >= 0.3 is 0 Å². The molecule has 0 aliphatic rings. The van der Waals surface area contributed by atoms with E-state index in [0.29, 0.717) is 0 Å². The van der Waals surface area contributed by atoms with Gasteiger partial charge in [0.25, 0.3) is 0 Å². The minimum Gasteiger partial charge on any atom is -0.383 e. The lowest BCUT2D eigenvalue weighted by Gasteiger charge is -2.18. The highest BCUT2D eigenvalue weighted by Crippen LogP contribution is 2.24. The van der Waals surface area contributed by atoms with Crippen molar-refractivity contribution in [3.8, 4) is 0 Å². The topological polar surface area (TPSA) is 28.2 Å². The Kier molecular flexibility index (Phi) is 5.16. The first-order chi connectivity index (χ1) is 9.24. The van der Waals surface area contributed by atoms with E-state index in [0.717, 1.165) is 41.9 Å². The molecule has 102 valence electrons. The SMILES string of the molecule is CCN(CC)CCNc1ccnc2cc(Br)ccc12. The van der Waals surface area contributed by atoms with E-state index in [-0.39, 0.29) is 0 Å². The lowest BCUT2D eigenvalue weighted by molar-refractivity contribution is 0.316. The highest BCUT2D eigenvalue weighted by Gasteiger charge is 2.03. The van der Waals surface area contributed by atoms with Gasteiger partial charge in [0.2, 0.25) is 0 Å². The Balaban J connectivity index is 2.08. The molecule has 1 aromatic carbocycles. The Morgan fingerprint density at radius 1 is 1.21 bits per heavy atom. The van der Waals surface area contributed by atoms with E-state index < -0.39 is 0 Å². The monoisotopic (exact) mass is 321 g/mol. The molecule has 3 nitrogen and oxygen atoms in total. The number of halogens is 1. The van der Waals surface area contributed by atoms with Crippen molar-refractivity contribution in [1.29, 1.82) is 0 Å². The molecule has 0 saturated heterocycles. The van der Waals surface area contributed by atoms with Gasteiger partial charge < -0.3 is 10.2 Å². The maximum atomic E-state index is 4.40. The average Bonchev–Trinajstić information content (AvgIpc) is 2.43. The third-order valence-electron chi connectivity index (χ3n) is 3.34. The molecule has 1 heterocycles. The van der Waals surface area contributed by atoms with Crippen molar-refractivity contribution in [2.75, 3.05) is 31.5 Å². The Bertz CT molecular complexity index is 538. The lowest BCUT2D eigenvalue weighted by Crippen LogP contribution is -2.28. The van der Waals surface area contributed by atoms with Crippen LogP contribution in [0.1, 0.15) is 13.8 Å². The molecule has 0 bridgehead atoms. The van der Waals surface area contributed by atoms with Crippen LogP contribution in [-0.2, 0) is 0 Å². The number of hydrogen-bond donors (Lipinski definition) is 1. The maximum absolute atomic E-state index is 4.40. The Morgan fingerprint density at radius 3 is 2.74 bits per heavy atom. The van der Waals surface area contributed by atoms with Gasteiger partial charge in [0.05, 0.1) is 5.52 Å². The van der Waals surface area contributed by atoms with Gasteiger partial charge in [-0.1, -0.05) is 29.8 Å². The number of hydrogen-bond acceptors (Lipinski definition) is 3. The summed E-state index contributed by atoms with van der Waals surface area (Å²) in [6, 6.07) is 8.25. The summed E-state index contributed by atoms with van der Waals surface area (Å²) in [6.45, 7) is 8.61. The van der Waals surface area contributed by atoms with Crippen LogP contribution < -0.4 is 5.32 Å². The van der Waals surface area contributed by atoms with Crippen molar-refractivity contribution in [1.82, 2.24) is 9.88 Å². The summed E-state index contributed by atoms with van der Waals surface area (Å²) in [6.07, 6.45) is 1.86. The van der Waals surface area contributed by atoms with E-state index in [1.807, 2.05) is 18.3 Å². The number of aromatic nitrogens is 1. The van der Waals surface area contributed by atoms with Gasteiger partial charge in [-0.3, -0.25) is 4.98 Å². The number of pyridine rings is 1. The molecular formula is C15H20BrN3. The van der Waals surface area contributed by atoms with Crippen LogP contribution in [0.2, 0.25) is 0 Å². The fourth-order valence-corrected chi connectivity index (χ4v) is 2.51. The van der Waals surface area contributed by atoms with Gasteiger partial charge in [-0.2, -0.15) is 0 Å². The van der Waals surface area contributed by atoms with Crippen molar-refractivity contribution >= 4 is 32.5 Å². The molecule has 1 N–H and O–H groups in total. The first-order valence-electron chi connectivity index (χ1n) is 6.75. The smallest absolute Gasteiger partial charge is 0.0733 e. The van der Waals surface area contributed by atoms with Gasteiger partial charge in [-0.25, -0.2) is 0 Å². The standard InChI is InChI=1S/C15H20BrN3/c1-3-19(4-2)10-9-18-14-7-8-17-15-11-12(16)5-6-13(14)15/h5-8,11H,3-4,9-10H2,1-2H3,(H,17,18). The van der Waals surface area contributed by atoms with Gasteiger partial charge in [0.15, 0.2) is 0 Å². The molecule has 2 aromatic rings. The largest absolute Gasteiger partial charge is 0.383 e. The molecule has 0 fully saturated rings. The van der Waals surface area contributed by atoms with Crippen molar-refractivity contribution in [3.05, 3.63) is 34.9 Å². The van der Waals surface area contributed by atoms with Crippen molar-refractivity contribution in [2.45, 2.75) is 13.8 Å². The summed E-state index contributed by atoms with van der Waals surface area (Å²) in [4.78, 5) is 6.81. The first-order valence-corrected chi connectivity index (χ1v) is 7.54. The zero-order valence-corrected chi connectivity index (χ0v) is 13.1. The lowest BCUT2D eigenvalue weighted by atomic mass is 10.2. The van der Waals surface area contributed by atoms with Crippen LogP contribution in [0.15, 0.2) is 34.9 Å². The summed E-state index contributed by atoms with van der Waals surface area (Å²) in [7, 11) is 0. The molecule has 4 heteroatoms. The van der Waals surface area contributed by atoms with Gasteiger partial charge in [-0.05, 0) is 37.4 Å².